The van der Waals surface area contributed by atoms with E-state index in [-0.39, 0.29) is 39.3 Å². The molecule has 3 heterocycles. The molecule has 0 aliphatic heterocycles. The Bertz CT molecular complexity index is 1450. The minimum atomic E-state index is -0.656. The van der Waals surface area contributed by atoms with Crippen LogP contribution in [-0.4, -0.2) is 50.4 Å². The Hall–Kier alpha value is -3.43. The number of ether oxygens (including phenoxy) is 1. The predicted molar refractivity (Wildman–Crippen MR) is 138 cm³/mol. The Labute approximate surface area is 217 Å². The molecule has 0 saturated carbocycles. The average Bonchev–Trinajstić information content (AvgIpc) is 3.18. The molecule has 2 N–H and O–H groups in total. The van der Waals surface area contributed by atoms with Crippen molar-refractivity contribution in [1.29, 1.82) is 0 Å². The van der Waals surface area contributed by atoms with Crippen molar-refractivity contribution >= 4 is 40.4 Å². The van der Waals surface area contributed by atoms with Gasteiger partial charge in [-0.25, -0.2) is 14.4 Å². The third-order valence-electron chi connectivity index (χ3n) is 5.65. The van der Waals surface area contributed by atoms with Crippen molar-refractivity contribution in [2.24, 2.45) is 0 Å². The van der Waals surface area contributed by atoms with Gasteiger partial charge in [0.15, 0.2) is 16.8 Å². The molecule has 36 heavy (non-hydrogen) atoms. The van der Waals surface area contributed by atoms with Crippen LogP contribution in [0.2, 0.25) is 10.2 Å². The maximum Gasteiger partial charge on any atom is 0.271 e. The van der Waals surface area contributed by atoms with Crippen LogP contribution in [0.15, 0.2) is 36.8 Å². The second kappa shape index (κ2) is 9.91. The summed E-state index contributed by atoms with van der Waals surface area (Å²) in [6.45, 7) is 5.57. The van der Waals surface area contributed by atoms with E-state index in [1.165, 1.54) is 23.2 Å². The number of hydrogen-bond donors (Lipinski definition) is 1. The van der Waals surface area contributed by atoms with Crippen LogP contribution in [0.25, 0.3) is 16.6 Å². The number of benzene rings is 1. The van der Waals surface area contributed by atoms with E-state index >= 15 is 4.39 Å². The lowest BCUT2D eigenvalue weighted by Gasteiger charge is -2.23. The normalized spacial score (nSPS) is 12.2. The number of nitrogen functional groups attached to an aromatic ring is 1. The van der Waals surface area contributed by atoms with Gasteiger partial charge in [-0.15, -0.1) is 0 Å². The van der Waals surface area contributed by atoms with Crippen LogP contribution in [0.3, 0.4) is 0 Å². The van der Waals surface area contributed by atoms with Crippen LogP contribution in [0.4, 0.5) is 10.2 Å². The van der Waals surface area contributed by atoms with E-state index in [9.17, 15) is 4.79 Å². The maximum atomic E-state index is 15.6. The molecule has 0 bridgehead atoms. The lowest BCUT2D eigenvalue weighted by atomic mass is 9.93. The predicted octanol–water partition coefficient (Wildman–Crippen LogP) is 5.46. The fourth-order valence-corrected chi connectivity index (χ4v) is 4.44. The van der Waals surface area contributed by atoms with Crippen molar-refractivity contribution in [2.75, 3.05) is 19.8 Å². The second-order valence-electron chi connectivity index (χ2n) is 8.78. The molecule has 188 valence electrons. The molecule has 11 heteroatoms. The van der Waals surface area contributed by atoms with Crippen molar-refractivity contribution < 1.29 is 13.9 Å². The van der Waals surface area contributed by atoms with Gasteiger partial charge in [-0.05, 0) is 26.0 Å². The standard InChI is InChI=1S/C25H25Cl2FN6O2/c1-12(2)36-21-15(13(3)24-32-22(27)20-23(29)30-8-9-34(20)24)10-16(26)19(28)18(21)14-6-7-17(31-11-14)25(35)33(4)5/h6-13H,1-5H3,(H2,29,30)/t13-/m1/s1. The first-order valence-corrected chi connectivity index (χ1v) is 11.9. The summed E-state index contributed by atoms with van der Waals surface area (Å²) in [6.07, 6.45) is 4.41. The number of amides is 1. The van der Waals surface area contributed by atoms with Crippen LogP contribution in [-0.2, 0) is 0 Å². The maximum absolute atomic E-state index is 15.6. The summed E-state index contributed by atoms with van der Waals surface area (Å²) >= 11 is 12.8. The summed E-state index contributed by atoms with van der Waals surface area (Å²) in [6, 6.07) is 4.69. The van der Waals surface area contributed by atoms with Gasteiger partial charge in [0.1, 0.15) is 22.8 Å². The highest BCUT2D eigenvalue weighted by Gasteiger charge is 2.28. The zero-order chi connectivity index (χ0) is 26.3. The van der Waals surface area contributed by atoms with E-state index in [1.807, 2.05) is 20.8 Å². The number of aromatic nitrogens is 4. The van der Waals surface area contributed by atoms with Crippen molar-refractivity contribution in [3.05, 3.63) is 69.9 Å². The minimum absolute atomic E-state index is 0.0930. The summed E-state index contributed by atoms with van der Waals surface area (Å²) in [5, 5.41) is 0.108. The number of nitrogens with two attached hydrogens (primary N) is 1. The fourth-order valence-electron chi connectivity index (χ4n) is 3.96. The number of halogens is 3. The third kappa shape index (κ3) is 4.56. The first kappa shape index (κ1) is 25.7. The van der Waals surface area contributed by atoms with Crippen molar-refractivity contribution in [1.82, 2.24) is 24.3 Å². The van der Waals surface area contributed by atoms with E-state index in [4.69, 9.17) is 33.7 Å². The molecule has 3 aromatic heterocycles. The molecule has 0 spiro atoms. The van der Waals surface area contributed by atoms with Gasteiger partial charge in [0.05, 0.1) is 16.7 Å². The molecular weight excluding hydrogens is 506 g/mol. The van der Waals surface area contributed by atoms with Gasteiger partial charge in [-0.3, -0.25) is 14.2 Å². The van der Waals surface area contributed by atoms with Crippen molar-refractivity contribution in [3.8, 4) is 16.9 Å². The Morgan fingerprint density at radius 1 is 1.19 bits per heavy atom. The molecule has 4 aromatic rings. The number of anilines is 1. The molecule has 0 aliphatic rings. The molecular formula is C25H25Cl2FN6O2. The fraction of sp³-hybridized carbons (Fsp3) is 0.280. The number of fused-ring (bicyclic) bond motifs is 1. The monoisotopic (exact) mass is 530 g/mol. The van der Waals surface area contributed by atoms with Crippen LogP contribution in [0.5, 0.6) is 5.75 Å². The lowest BCUT2D eigenvalue weighted by Crippen LogP contribution is -2.22. The number of imidazole rings is 1. The van der Waals surface area contributed by atoms with E-state index in [2.05, 4.69) is 15.0 Å². The van der Waals surface area contributed by atoms with E-state index < -0.39 is 11.7 Å². The van der Waals surface area contributed by atoms with Gasteiger partial charge < -0.3 is 15.4 Å². The number of carbonyl (C=O) groups excluding carboxylic acids is 1. The number of nitrogens with zero attached hydrogens (tertiary/aromatic N) is 5. The molecule has 0 fully saturated rings. The minimum Gasteiger partial charge on any atom is -0.490 e. The molecule has 0 radical (unpaired) electrons. The van der Waals surface area contributed by atoms with E-state index in [0.717, 1.165) is 0 Å². The zero-order valence-corrected chi connectivity index (χ0v) is 21.9. The van der Waals surface area contributed by atoms with Crippen LogP contribution in [0.1, 0.15) is 48.6 Å². The largest absolute Gasteiger partial charge is 0.490 e. The second-order valence-corrected chi connectivity index (χ2v) is 9.54. The van der Waals surface area contributed by atoms with Crippen LogP contribution in [0, 0.1) is 5.82 Å². The molecule has 0 unspecified atom stereocenters. The van der Waals surface area contributed by atoms with Crippen LogP contribution >= 0.6 is 23.2 Å². The number of rotatable bonds is 6. The Morgan fingerprint density at radius 3 is 2.53 bits per heavy atom. The lowest BCUT2D eigenvalue weighted by molar-refractivity contribution is 0.0822. The van der Waals surface area contributed by atoms with Gasteiger partial charge in [-0.1, -0.05) is 36.2 Å². The quantitative estimate of drug-likeness (QED) is 0.355. The van der Waals surface area contributed by atoms with Gasteiger partial charge in [-0.2, -0.15) is 0 Å². The Kier molecular flexibility index (Phi) is 7.06. The first-order valence-electron chi connectivity index (χ1n) is 11.2. The van der Waals surface area contributed by atoms with E-state index in [0.29, 0.717) is 28.2 Å². The molecule has 1 atom stereocenters. The molecule has 0 saturated heterocycles. The van der Waals surface area contributed by atoms with Gasteiger partial charge >= 0.3 is 0 Å². The highest BCUT2D eigenvalue weighted by molar-refractivity contribution is 6.33. The first-order chi connectivity index (χ1) is 17.0. The van der Waals surface area contributed by atoms with Crippen LogP contribution < -0.4 is 10.5 Å². The topological polar surface area (TPSA) is 98.6 Å². The van der Waals surface area contributed by atoms with Gasteiger partial charge in [0, 0.05) is 49.7 Å². The van der Waals surface area contributed by atoms with Crippen molar-refractivity contribution in [2.45, 2.75) is 32.8 Å². The molecule has 1 amide bonds. The van der Waals surface area contributed by atoms with Gasteiger partial charge in [0.25, 0.3) is 5.91 Å². The number of pyridine rings is 1. The summed E-state index contributed by atoms with van der Waals surface area (Å²) in [5.74, 6) is -0.267. The Balaban J connectivity index is 1.93. The molecule has 0 aliphatic carbocycles. The third-order valence-corrected chi connectivity index (χ3v) is 6.19. The summed E-state index contributed by atoms with van der Waals surface area (Å²) in [4.78, 5) is 26.5. The molecule has 4 rings (SSSR count). The number of carbonyl (C=O) groups is 1. The SMILES string of the molecule is CC(C)Oc1c([C@@H](C)c2nc(Cl)c3c(N)nccn23)cc(Cl)c(F)c1-c1ccc(C(=O)N(C)C)nc1. The smallest absolute Gasteiger partial charge is 0.271 e. The van der Waals surface area contributed by atoms with Gasteiger partial charge in [0.2, 0.25) is 0 Å². The summed E-state index contributed by atoms with van der Waals surface area (Å²) < 4.78 is 23.5. The highest BCUT2D eigenvalue weighted by Crippen LogP contribution is 2.44. The summed E-state index contributed by atoms with van der Waals surface area (Å²) in [7, 11) is 3.26. The zero-order valence-electron chi connectivity index (χ0n) is 20.4. The average molecular weight is 531 g/mol. The summed E-state index contributed by atoms with van der Waals surface area (Å²) in [5.41, 5.74) is 7.87. The number of hydrogen-bond acceptors (Lipinski definition) is 6. The van der Waals surface area contributed by atoms with Crippen molar-refractivity contribution in [3.63, 3.8) is 0 Å². The van der Waals surface area contributed by atoms with E-state index in [1.54, 1.807) is 37.0 Å². The molecule has 8 nitrogen and oxygen atoms in total. The molecule has 1 aromatic carbocycles. The Morgan fingerprint density at radius 2 is 1.92 bits per heavy atom. The highest BCUT2D eigenvalue weighted by atomic mass is 35.5.